The van der Waals surface area contributed by atoms with Crippen LogP contribution < -0.4 is 5.73 Å². The van der Waals surface area contributed by atoms with E-state index in [1.165, 1.54) is 5.56 Å². The van der Waals surface area contributed by atoms with Crippen molar-refractivity contribution >= 4 is 11.6 Å². The first-order valence-electron chi connectivity index (χ1n) is 5.77. The summed E-state index contributed by atoms with van der Waals surface area (Å²) >= 11 is 6.05. The van der Waals surface area contributed by atoms with Gasteiger partial charge in [-0.3, -0.25) is 0 Å². The van der Waals surface area contributed by atoms with Gasteiger partial charge in [0.05, 0.1) is 0 Å². The quantitative estimate of drug-likeness (QED) is 0.861. The molecule has 2 N–H and O–H groups in total. The summed E-state index contributed by atoms with van der Waals surface area (Å²) in [7, 11) is 0. The van der Waals surface area contributed by atoms with Gasteiger partial charge >= 0.3 is 0 Å². The van der Waals surface area contributed by atoms with Gasteiger partial charge in [0.2, 0.25) is 0 Å². The van der Waals surface area contributed by atoms with Gasteiger partial charge in [-0.25, -0.2) is 0 Å². The Kier molecular flexibility index (Phi) is 3.85. The molecule has 1 heterocycles. The molecule has 1 aromatic carbocycles. The molecule has 0 spiro atoms. The highest BCUT2D eigenvalue weighted by atomic mass is 35.5. The minimum Gasteiger partial charge on any atom is -0.381 e. The zero-order valence-corrected chi connectivity index (χ0v) is 10.3. The van der Waals surface area contributed by atoms with Crippen LogP contribution in [0, 0.1) is 12.8 Å². The smallest absolute Gasteiger partial charge is 0.0469 e. The van der Waals surface area contributed by atoms with Gasteiger partial charge in [-0.05, 0) is 48.9 Å². The van der Waals surface area contributed by atoms with Crippen molar-refractivity contribution in [2.75, 3.05) is 13.2 Å². The molecule has 16 heavy (non-hydrogen) atoms. The molecule has 0 amide bonds. The monoisotopic (exact) mass is 239 g/mol. The maximum atomic E-state index is 6.29. The highest BCUT2D eigenvalue weighted by molar-refractivity contribution is 6.30. The second kappa shape index (κ2) is 5.17. The van der Waals surface area contributed by atoms with Crippen LogP contribution in [0.1, 0.15) is 30.0 Å². The summed E-state index contributed by atoms with van der Waals surface area (Å²) in [6.07, 6.45) is 2.10. The molecule has 0 radical (unpaired) electrons. The van der Waals surface area contributed by atoms with Crippen LogP contribution in [-0.2, 0) is 4.74 Å². The van der Waals surface area contributed by atoms with E-state index in [9.17, 15) is 0 Å². The lowest BCUT2D eigenvalue weighted by molar-refractivity contribution is 0.0584. The Hall–Kier alpha value is -0.570. The fraction of sp³-hybridized carbons (Fsp3) is 0.538. The summed E-state index contributed by atoms with van der Waals surface area (Å²) in [6, 6.07) is 6.16. The van der Waals surface area contributed by atoms with Crippen LogP contribution in [0.2, 0.25) is 5.02 Å². The lowest BCUT2D eigenvalue weighted by Crippen LogP contribution is -2.27. The van der Waals surface area contributed by atoms with Crippen LogP contribution in [0.15, 0.2) is 18.2 Å². The number of hydrogen-bond donors (Lipinski definition) is 1. The van der Waals surface area contributed by atoms with Crippen molar-refractivity contribution in [2.45, 2.75) is 25.8 Å². The Bertz CT molecular complexity index is 341. The van der Waals surface area contributed by atoms with E-state index in [-0.39, 0.29) is 6.04 Å². The number of benzene rings is 1. The van der Waals surface area contributed by atoms with Crippen molar-refractivity contribution in [2.24, 2.45) is 11.7 Å². The molecule has 2 nitrogen and oxygen atoms in total. The fourth-order valence-electron chi connectivity index (χ4n) is 2.30. The molecule has 0 bridgehead atoms. The Morgan fingerprint density at radius 3 is 2.62 bits per heavy atom. The molecule has 1 aromatic rings. The van der Waals surface area contributed by atoms with Gasteiger partial charge in [0.15, 0.2) is 0 Å². The highest BCUT2D eigenvalue weighted by Gasteiger charge is 2.22. The van der Waals surface area contributed by atoms with Gasteiger partial charge in [-0.2, -0.15) is 0 Å². The molecule has 0 aliphatic carbocycles. The first-order valence-corrected chi connectivity index (χ1v) is 6.15. The topological polar surface area (TPSA) is 35.2 Å². The van der Waals surface area contributed by atoms with Gasteiger partial charge in [-0.1, -0.05) is 17.7 Å². The highest BCUT2D eigenvalue weighted by Crippen LogP contribution is 2.29. The Morgan fingerprint density at radius 1 is 1.31 bits per heavy atom. The third-order valence-corrected chi connectivity index (χ3v) is 3.44. The molecule has 2 rings (SSSR count). The molecule has 3 heteroatoms. The van der Waals surface area contributed by atoms with Gasteiger partial charge in [0.1, 0.15) is 0 Å². The third-order valence-electron chi connectivity index (χ3n) is 3.22. The minimum atomic E-state index is 0.0845. The van der Waals surface area contributed by atoms with Crippen molar-refractivity contribution in [1.82, 2.24) is 0 Å². The molecular formula is C13H18ClNO. The summed E-state index contributed by atoms with van der Waals surface area (Å²) in [5, 5.41) is 0.775. The van der Waals surface area contributed by atoms with E-state index in [2.05, 4.69) is 6.07 Å². The molecular weight excluding hydrogens is 222 g/mol. The van der Waals surface area contributed by atoms with Crippen LogP contribution in [0.5, 0.6) is 0 Å². The van der Waals surface area contributed by atoms with E-state index in [0.29, 0.717) is 5.92 Å². The van der Waals surface area contributed by atoms with E-state index in [0.717, 1.165) is 36.6 Å². The van der Waals surface area contributed by atoms with Crippen LogP contribution in [0.3, 0.4) is 0 Å². The minimum absolute atomic E-state index is 0.0845. The standard InChI is InChI=1S/C13H18ClNO/c1-9-6-11(8-12(14)7-9)13(15)10-2-4-16-5-3-10/h6-8,10,13H,2-5,15H2,1H3. The predicted molar refractivity (Wildman–Crippen MR) is 66.7 cm³/mol. The van der Waals surface area contributed by atoms with E-state index >= 15 is 0 Å². The number of halogens is 1. The number of ether oxygens (including phenoxy) is 1. The van der Waals surface area contributed by atoms with Crippen molar-refractivity contribution < 1.29 is 4.74 Å². The Labute approximate surface area is 102 Å². The fourth-order valence-corrected chi connectivity index (χ4v) is 2.60. The average Bonchev–Trinajstić information content (AvgIpc) is 2.28. The second-order valence-corrected chi connectivity index (χ2v) is 4.97. The van der Waals surface area contributed by atoms with Crippen LogP contribution >= 0.6 is 11.6 Å². The van der Waals surface area contributed by atoms with Gasteiger partial charge in [0.25, 0.3) is 0 Å². The molecule has 1 unspecified atom stereocenters. The van der Waals surface area contributed by atoms with Crippen molar-refractivity contribution in [3.05, 3.63) is 34.3 Å². The predicted octanol–water partition coefficient (Wildman–Crippen LogP) is 3.07. The maximum Gasteiger partial charge on any atom is 0.0469 e. The molecule has 1 aliphatic rings. The SMILES string of the molecule is Cc1cc(Cl)cc(C(N)C2CCOCC2)c1. The summed E-state index contributed by atoms with van der Waals surface area (Å²) in [5.74, 6) is 0.520. The van der Waals surface area contributed by atoms with E-state index in [1.807, 2.05) is 19.1 Å². The Balaban J connectivity index is 2.15. The normalized spacial score (nSPS) is 19.7. The molecule has 1 saturated heterocycles. The van der Waals surface area contributed by atoms with E-state index in [4.69, 9.17) is 22.1 Å². The molecule has 0 saturated carbocycles. The van der Waals surface area contributed by atoms with E-state index < -0.39 is 0 Å². The summed E-state index contributed by atoms with van der Waals surface area (Å²) in [4.78, 5) is 0. The van der Waals surface area contributed by atoms with Crippen molar-refractivity contribution in [3.8, 4) is 0 Å². The van der Waals surface area contributed by atoms with Crippen LogP contribution in [-0.4, -0.2) is 13.2 Å². The van der Waals surface area contributed by atoms with Crippen LogP contribution in [0.25, 0.3) is 0 Å². The summed E-state index contributed by atoms with van der Waals surface area (Å²) in [5.41, 5.74) is 8.61. The second-order valence-electron chi connectivity index (χ2n) is 4.54. The summed E-state index contributed by atoms with van der Waals surface area (Å²) in [6.45, 7) is 3.71. The molecule has 1 aliphatic heterocycles. The number of nitrogens with two attached hydrogens (primary N) is 1. The average molecular weight is 240 g/mol. The van der Waals surface area contributed by atoms with Gasteiger partial charge in [-0.15, -0.1) is 0 Å². The molecule has 88 valence electrons. The van der Waals surface area contributed by atoms with Gasteiger partial charge in [0, 0.05) is 24.3 Å². The zero-order chi connectivity index (χ0) is 11.5. The van der Waals surface area contributed by atoms with Crippen molar-refractivity contribution in [1.29, 1.82) is 0 Å². The summed E-state index contributed by atoms with van der Waals surface area (Å²) < 4.78 is 5.35. The largest absolute Gasteiger partial charge is 0.381 e. The number of rotatable bonds is 2. The number of hydrogen-bond acceptors (Lipinski definition) is 2. The van der Waals surface area contributed by atoms with Crippen LogP contribution in [0.4, 0.5) is 0 Å². The first kappa shape index (κ1) is 11.9. The van der Waals surface area contributed by atoms with Crippen molar-refractivity contribution in [3.63, 3.8) is 0 Å². The Morgan fingerprint density at radius 2 is 2.00 bits per heavy atom. The zero-order valence-electron chi connectivity index (χ0n) is 9.58. The molecule has 1 atom stereocenters. The van der Waals surface area contributed by atoms with E-state index in [1.54, 1.807) is 0 Å². The lowest BCUT2D eigenvalue weighted by atomic mass is 9.87. The molecule has 1 fully saturated rings. The lowest BCUT2D eigenvalue weighted by Gasteiger charge is -2.28. The maximum absolute atomic E-state index is 6.29. The van der Waals surface area contributed by atoms with Gasteiger partial charge < -0.3 is 10.5 Å². The third kappa shape index (κ3) is 2.76. The number of aryl methyl sites for hydroxylation is 1. The molecule has 0 aromatic heterocycles. The first-order chi connectivity index (χ1) is 7.66.